The Labute approximate surface area is 101 Å². The molecule has 2 N–H and O–H groups in total. The lowest BCUT2D eigenvalue weighted by Crippen LogP contribution is -2.05. The minimum Gasteiger partial charge on any atom is -0.316 e. The van der Waals surface area contributed by atoms with Gasteiger partial charge in [0, 0.05) is 22.5 Å². The van der Waals surface area contributed by atoms with Gasteiger partial charge in [-0.2, -0.15) is 5.10 Å². The highest BCUT2D eigenvalue weighted by atomic mass is 79.9. The first-order chi connectivity index (χ1) is 7.22. The Morgan fingerprint density at radius 2 is 2.40 bits per heavy atom. The topological polar surface area (TPSA) is 40.7 Å². The van der Waals surface area contributed by atoms with E-state index in [1.54, 1.807) is 11.3 Å². The van der Waals surface area contributed by atoms with Gasteiger partial charge in [0.2, 0.25) is 0 Å². The molecule has 2 aromatic rings. The number of hydrogen-bond donors (Lipinski definition) is 2. The number of aromatic amines is 1. The first kappa shape index (κ1) is 10.9. The molecule has 0 fully saturated rings. The highest BCUT2D eigenvalue weighted by molar-refractivity contribution is 9.11. The molecule has 3 nitrogen and oxygen atoms in total. The number of nitrogens with zero attached hydrogens (tertiary/aromatic N) is 1. The summed E-state index contributed by atoms with van der Waals surface area (Å²) in [5.74, 6) is 0. The van der Waals surface area contributed by atoms with E-state index < -0.39 is 0 Å². The van der Waals surface area contributed by atoms with E-state index in [1.807, 2.05) is 13.2 Å². The van der Waals surface area contributed by atoms with E-state index in [0.717, 1.165) is 16.0 Å². The molecule has 80 valence electrons. The molecular formula is C10H12BrN3S. The van der Waals surface area contributed by atoms with Gasteiger partial charge < -0.3 is 5.32 Å². The van der Waals surface area contributed by atoms with Gasteiger partial charge in [0.25, 0.3) is 0 Å². The van der Waals surface area contributed by atoms with Gasteiger partial charge in [0.1, 0.15) is 0 Å². The molecule has 0 aliphatic carbocycles. The van der Waals surface area contributed by atoms with Crippen molar-refractivity contribution in [3.05, 3.63) is 26.5 Å². The van der Waals surface area contributed by atoms with E-state index in [-0.39, 0.29) is 0 Å². The van der Waals surface area contributed by atoms with E-state index in [9.17, 15) is 0 Å². The third-order valence-corrected chi connectivity index (χ3v) is 3.80. The van der Waals surface area contributed by atoms with Gasteiger partial charge in [-0.3, -0.25) is 5.10 Å². The Kier molecular flexibility index (Phi) is 3.23. The molecule has 0 aliphatic rings. The van der Waals surface area contributed by atoms with Crippen LogP contribution < -0.4 is 5.32 Å². The van der Waals surface area contributed by atoms with Crippen LogP contribution in [0.4, 0.5) is 0 Å². The minimum atomic E-state index is 0.832. The number of hydrogen-bond acceptors (Lipinski definition) is 3. The van der Waals surface area contributed by atoms with Crippen LogP contribution in [0.2, 0.25) is 0 Å². The molecule has 15 heavy (non-hydrogen) atoms. The number of aryl methyl sites for hydroxylation is 1. The summed E-state index contributed by atoms with van der Waals surface area (Å²) in [7, 11) is 1.94. The van der Waals surface area contributed by atoms with Gasteiger partial charge in [-0.15, -0.1) is 11.3 Å². The zero-order chi connectivity index (χ0) is 10.8. The zero-order valence-electron chi connectivity index (χ0n) is 8.60. The van der Waals surface area contributed by atoms with E-state index >= 15 is 0 Å². The number of rotatable bonds is 3. The van der Waals surface area contributed by atoms with Crippen molar-refractivity contribution in [2.24, 2.45) is 0 Å². The number of aromatic nitrogens is 2. The van der Waals surface area contributed by atoms with E-state index in [4.69, 9.17) is 0 Å². The molecule has 0 atom stereocenters. The van der Waals surface area contributed by atoms with Crippen molar-refractivity contribution in [2.45, 2.75) is 13.5 Å². The summed E-state index contributed by atoms with van der Waals surface area (Å²) in [4.78, 5) is 1.29. The van der Waals surface area contributed by atoms with Gasteiger partial charge in [-0.1, -0.05) is 0 Å². The number of nitrogens with one attached hydrogen (secondary N) is 2. The van der Waals surface area contributed by atoms with Crippen LogP contribution in [0.3, 0.4) is 0 Å². The average molecular weight is 286 g/mol. The highest BCUT2D eigenvalue weighted by Crippen LogP contribution is 2.34. The quantitative estimate of drug-likeness (QED) is 0.910. The van der Waals surface area contributed by atoms with Gasteiger partial charge in [0.15, 0.2) is 0 Å². The van der Waals surface area contributed by atoms with Crippen molar-refractivity contribution < 1.29 is 0 Å². The van der Waals surface area contributed by atoms with Gasteiger partial charge >= 0.3 is 0 Å². The van der Waals surface area contributed by atoms with Crippen LogP contribution in [-0.2, 0) is 6.54 Å². The molecule has 0 saturated carbocycles. The predicted molar refractivity (Wildman–Crippen MR) is 67.1 cm³/mol. The Bertz CT molecular complexity index is 461. The Balaban J connectivity index is 2.44. The average Bonchev–Trinajstić information content (AvgIpc) is 2.73. The van der Waals surface area contributed by atoms with Crippen molar-refractivity contribution in [1.29, 1.82) is 0 Å². The molecule has 5 heteroatoms. The fourth-order valence-corrected chi connectivity index (χ4v) is 3.26. The third kappa shape index (κ3) is 2.14. The monoisotopic (exact) mass is 285 g/mol. The maximum atomic E-state index is 4.09. The normalized spacial score (nSPS) is 10.9. The standard InChI is InChI=1S/C10H12BrN3S/c1-6-8(3-9(11)15-6)10-7(4-12-2)5-13-14-10/h3,5,12H,4H2,1-2H3,(H,13,14). The maximum absolute atomic E-state index is 4.09. The largest absolute Gasteiger partial charge is 0.316 e. The molecule has 0 amide bonds. The Morgan fingerprint density at radius 3 is 3.00 bits per heavy atom. The smallest absolute Gasteiger partial charge is 0.0708 e. The van der Waals surface area contributed by atoms with Crippen molar-refractivity contribution in [2.75, 3.05) is 7.05 Å². The molecule has 2 heterocycles. The molecule has 0 aliphatic heterocycles. The zero-order valence-corrected chi connectivity index (χ0v) is 11.0. The lowest BCUT2D eigenvalue weighted by molar-refractivity contribution is 0.820. The molecule has 0 bridgehead atoms. The second-order valence-corrected chi connectivity index (χ2v) is 5.96. The van der Waals surface area contributed by atoms with Crippen molar-refractivity contribution in [3.63, 3.8) is 0 Å². The van der Waals surface area contributed by atoms with E-state index in [1.165, 1.54) is 16.0 Å². The summed E-state index contributed by atoms with van der Waals surface area (Å²) in [5, 5.41) is 10.3. The van der Waals surface area contributed by atoms with Crippen molar-refractivity contribution >= 4 is 27.3 Å². The fraction of sp³-hybridized carbons (Fsp3) is 0.300. The van der Waals surface area contributed by atoms with Crippen LogP contribution >= 0.6 is 27.3 Å². The summed E-state index contributed by atoms with van der Waals surface area (Å²) < 4.78 is 1.15. The third-order valence-electron chi connectivity index (χ3n) is 2.24. The predicted octanol–water partition coefficient (Wildman–Crippen LogP) is 2.93. The number of thiophene rings is 1. The van der Waals surface area contributed by atoms with Gasteiger partial charge in [0.05, 0.1) is 15.7 Å². The number of H-pyrrole nitrogens is 1. The first-order valence-corrected chi connectivity index (χ1v) is 6.26. The fourth-order valence-electron chi connectivity index (χ4n) is 1.56. The van der Waals surface area contributed by atoms with Crippen molar-refractivity contribution in [3.8, 4) is 11.3 Å². The van der Waals surface area contributed by atoms with E-state index in [0.29, 0.717) is 0 Å². The molecule has 0 unspecified atom stereocenters. The molecule has 0 radical (unpaired) electrons. The second kappa shape index (κ2) is 4.47. The van der Waals surface area contributed by atoms with Gasteiger partial charge in [-0.25, -0.2) is 0 Å². The first-order valence-electron chi connectivity index (χ1n) is 4.65. The Morgan fingerprint density at radius 1 is 1.60 bits per heavy atom. The van der Waals surface area contributed by atoms with Crippen molar-refractivity contribution in [1.82, 2.24) is 15.5 Å². The van der Waals surface area contributed by atoms with Gasteiger partial charge in [-0.05, 0) is 36.0 Å². The molecule has 2 rings (SSSR count). The van der Waals surface area contributed by atoms with Crippen LogP contribution in [0.25, 0.3) is 11.3 Å². The summed E-state index contributed by atoms with van der Waals surface area (Å²) in [5.41, 5.74) is 3.55. The van der Waals surface area contributed by atoms with Crippen LogP contribution in [0, 0.1) is 6.92 Å². The van der Waals surface area contributed by atoms with Crippen LogP contribution in [0.15, 0.2) is 16.0 Å². The summed E-state index contributed by atoms with van der Waals surface area (Å²) in [6.45, 7) is 2.95. The summed E-state index contributed by atoms with van der Waals surface area (Å²) in [6.07, 6.45) is 1.87. The van der Waals surface area contributed by atoms with Crippen LogP contribution in [-0.4, -0.2) is 17.2 Å². The Hall–Kier alpha value is -0.650. The van der Waals surface area contributed by atoms with Crippen LogP contribution in [0.1, 0.15) is 10.4 Å². The van der Waals surface area contributed by atoms with Crippen LogP contribution in [0.5, 0.6) is 0 Å². The molecule has 0 aromatic carbocycles. The van der Waals surface area contributed by atoms with E-state index in [2.05, 4.69) is 44.4 Å². The highest BCUT2D eigenvalue weighted by Gasteiger charge is 2.11. The summed E-state index contributed by atoms with van der Waals surface area (Å²) in [6, 6.07) is 2.13. The molecule has 0 spiro atoms. The lowest BCUT2D eigenvalue weighted by atomic mass is 10.1. The number of halogens is 1. The molecular weight excluding hydrogens is 274 g/mol. The SMILES string of the molecule is CNCc1cn[nH]c1-c1cc(Br)sc1C. The summed E-state index contributed by atoms with van der Waals surface area (Å²) >= 11 is 5.24. The second-order valence-electron chi connectivity index (χ2n) is 3.32. The maximum Gasteiger partial charge on any atom is 0.0708 e. The molecule has 0 saturated heterocycles. The minimum absolute atomic E-state index is 0.832. The molecule has 2 aromatic heterocycles. The lowest BCUT2D eigenvalue weighted by Gasteiger charge is -2.01.